The van der Waals surface area contributed by atoms with E-state index in [9.17, 15) is 0 Å². The third-order valence-electron chi connectivity index (χ3n) is 11.0. The zero-order valence-corrected chi connectivity index (χ0v) is 36.0. The van der Waals surface area contributed by atoms with Gasteiger partial charge >= 0.3 is 21.1 Å². The predicted octanol–water partition coefficient (Wildman–Crippen LogP) is 14.1. The normalized spacial score (nSPS) is 11.8. The van der Waals surface area contributed by atoms with Crippen LogP contribution in [-0.4, -0.2) is 9.97 Å². The first kappa shape index (κ1) is 39.0. The molecule has 3 aromatic heterocycles. The van der Waals surface area contributed by atoms with Gasteiger partial charge in [-0.3, -0.25) is 9.97 Å². The molecule has 0 atom stereocenters. The summed E-state index contributed by atoms with van der Waals surface area (Å²) in [6.07, 6.45) is 1.89. The van der Waals surface area contributed by atoms with Crippen molar-refractivity contribution in [3.63, 3.8) is 0 Å². The van der Waals surface area contributed by atoms with Crippen LogP contribution < -0.4 is 4.98 Å². The zero-order chi connectivity index (χ0) is 39.3. The Balaban J connectivity index is 0.00000469. The van der Waals surface area contributed by atoms with E-state index >= 15 is 0 Å². The summed E-state index contributed by atoms with van der Waals surface area (Å²) >= 11 is 0. The summed E-state index contributed by atoms with van der Waals surface area (Å²) in [5.41, 5.74) is 16.5. The molecule has 0 fully saturated rings. The minimum Gasteiger partial charge on any atom is -0.656 e. The van der Waals surface area contributed by atoms with Gasteiger partial charge in [-0.2, -0.15) is 0 Å². The topological polar surface area (TPSA) is 39.9 Å². The van der Waals surface area contributed by atoms with Crippen LogP contribution >= 0.6 is 0 Å². The van der Waals surface area contributed by atoms with E-state index in [1.165, 1.54) is 16.5 Å². The van der Waals surface area contributed by atoms with E-state index in [0.29, 0.717) is 0 Å². The summed E-state index contributed by atoms with van der Waals surface area (Å²) in [6.45, 7) is 13.6. The van der Waals surface area contributed by atoms with Gasteiger partial charge in [0.15, 0.2) is 0 Å². The van der Waals surface area contributed by atoms with E-state index in [0.717, 1.165) is 83.6 Å². The molecule has 0 aliphatic rings. The van der Waals surface area contributed by atoms with Crippen molar-refractivity contribution in [1.82, 2.24) is 15.0 Å². The number of benzene rings is 6. The first-order chi connectivity index (χ1) is 27.5. The average molecular weight is 931 g/mol. The Labute approximate surface area is 356 Å². The van der Waals surface area contributed by atoms with Crippen LogP contribution in [0, 0.1) is 6.07 Å². The second-order valence-electron chi connectivity index (χ2n) is 17.1. The third kappa shape index (κ3) is 7.72. The zero-order valence-electron chi connectivity index (χ0n) is 33.7. The van der Waals surface area contributed by atoms with E-state index < -0.39 is 0 Å². The number of fused-ring (bicyclic) bond motifs is 3. The summed E-state index contributed by atoms with van der Waals surface area (Å²) in [4.78, 5) is 15.8. The van der Waals surface area contributed by atoms with Gasteiger partial charge < -0.3 is 4.98 Å². The van der Waals surface area contributed by atoms with Gasteiger partial charge in [-0.15, -0.1) is 29.2 Å². The first-order valence-corrected chi connectivity index (χ1v) is 19.8. The molecule has 6 aromatic carbocycles. The van der Waals surface area contributed by atoms with Gasteiger partial charge in [-0.05, 0) is 78.2 Å². The van der Waals surface area contributed by atoms with Crippen LogP contribution in [0.4, 0.5) is 0 Å². The Hall–Kier alpha value is -5.89. The Morgan fingerprint density at radius 1 is 0.448 bits per heavy atom. The van der Waals surface area contributed by atoms with Gasteiger partial charge in [0.25, 0.3) is 0 Å². The summed E-state index contributed by atoms with van der Waals surface area (Å²) in [5.74, 6) is 0. The van der Waals surface area contributed by atoms with Crippen molar-refractivity contribution in [3.05, 3.63) is 181 Å². The molecule has 9 rings (SSSR count). The van der Waals surface area contributed by atoms with Gasteiger partial charge in [0.2, 0.25) is 0 Å². The van der Waals surface area contributed by atoms with Gasteiger partial charge in [0, 0.05) is 17.6 Å². The number of pyridine rings is 2. The van der Waals surface area contributed by atoms with Crippen LogP contribution in [-0.2, 0) is 31.9 Å². The Morgan fingerprint density at radius 2 is 0.966 bits per heavy atom. The average Bonchev–Trinajstić information content (AvgIpc) is 3.61. The molecule has 0 amide bonds. The van der Waals surface area contributed by atoms with Crippen molar-refractivity contribution >= 4 is 21.8 Å². The van der Waals surface area contributed by atoms with Gasteiger partial charge in [-0.1, -0.05) is 192 Å². The van der Waals surface area contributed by atoms with Crippen molar-refractivity contribution in [2.24, 2.45) is 0 Å². The standard InChI is InChI=1S/C54H45N3.Pt/c1-53(2,3)43-22-23-48-45(32-43)46-33-44(54(4,5)6)34-47(52(46)57-48)51-31-40(37-20-14-9-15-21-37)30-50(56-51)42-27-39(36-18-12-8-13-19-36)26-41(28-42)49-29-38(24-25-55-49)35-16-10-7-11-17-35;/h7-27,29-34H,1-6H3;/q-2;+2. The molecule has 0 spiro atoms. The minimum absolute atomic E-state index is 0. The van der Waals surface area contributed by atoms with E-state index in [4.69, 9.17) is 15.0 Å². The number of hydrogen-bond acceptors (Lipinski definition) is 2. The maximum absolute atomic E-state index is 5.54. The van der Waals surface area contributed by atoms with Crippen molar-refractivity contribution in [2.75, 3.05) is 0 Å². The summed E-state index contributed by atoms with van der Waals surface area (Å²) in [6, 6.07) is 59.8. The molecule has 0 radical (unpaired) electrons. The van der Waals surface area contributed by atoms with Crippen molar-refractivity contribution in [1.29, 1.82) is 0 Å². The number of nitrogens with zero attached hydrogens (tertiary/aromatic N) is 3. The second-order valence-corrected chi connectivity index (χ2v) is 17.1. The number of aromatic nitrogens is 3. The Morgan fingerprint density at radius 3 is 1.57 bits per heavy atom. The van der Waals surface area contributed by atoms with E-state index in [2.05, 4.69) is 199 Å². The van der Waals surface area contributed by atoms with Gasteiger partial charge in [0.05, 0.1) is 5.69 Å². The second kappa shape index (κ2) is 15.5. The largest absolute Gasteiger partial charge is 2.00 e. The predicted molar refractivity (Wildman–Crippen MR) is 239 cm³/mol. The van der Waals surface area contributed by atoms with Crippen LogP contribution in [0.25, 0.3) is 89.0 Å². The van der Waals surface area contributed by atoms with E-state index in [-0.39, 0.29) is 31.9 Å². The summed E-state index contributed by atoms with van der Waals surface area (Å²) in [5, 5.41) is 2.35. The molecular formula is C54H45N3Pt. The van der Waals surface area contributed by atoms with Crippen LogP contribution in [0.3, 0.4) is 0 Å². The van der Waals surface area contributed by atoms with Crippen molar-refractivity contribution in [3.8, 4) is 67.2 Å². The van der Waals surface area contributed by atoms with Gasteiger partial charge in [-0.25, -0.2) is 0 Å². The Kier molecular flexibility index (Phi) is 10.4. The van der Waals surface area contributed by atoms with Crippen LogP contribution in [0.1, 0.15) is 52.7 Å². The molecule has 0 saturated heterocycles. The first-order valence-electron chi connectivity index (χ1n) is 19.8. The monoisotopic (exact) mass is 930 g/mol. The number of rotatable bonds is 6. The molecule has 0 bridgehead atoms. The molecule has 3 nitrogen and oxygen atoms in total. The molecule has 0 saturated carbocycles. The molecule has 4 heteroatoms. The SMILES string of the molecule is CC(C)(C)c1ccc2[n-]c3c(-c4cc(-c5ccccc5)cc(-c5[c-]c(-c6cc(-c7ccccc7)ccn6)cc(-c6ccccc6)c5)n4)cc(C(C)(C)C)cc3c2c1.[Pt+2]. The third-order valence-corrected chi connectivity index (χ3v) is 11.0. The molecule has 0 N–H and O–H groups in total. The molecule has 9 aromatic rings. The van der Waals surface area contributed by atoms with Crippen molar-refractivity contribution in [2.45, 2.75) is 52.4 Å². The van der Waals surface area contributed by atoms with Crippen LogP contribution in [0.5, 0.6) is 0 Å². The molecule has 0 unspecified atom stereocenters. The molecule has 286 valence electrons. The maximum atomic E-state index is 5.54. The quantitative estimate of drug-likeness (QED) is 0.156. The van der Waals surface area contributed by atoms with Crippen molar-refractivity contribution < 1.29 is 21.1 Å². The van der Waals surface area contributed by atoms with E-state index in [1.54, 1.807) is 0 Å². The molecule has 0 aliphatic carbocycles. The molecule has 58 heavy (non-hydrogen) atoms. The van der Waals surface area contributed by atoms with Gasteiger partial charge in [0.1, 0.15) is 0 Å². The van der Waals surface area contributed by atoms with E-state index in [1.807, 2.05) is 12.3 Å². The summed E-state index contributed by atoms with van der Waals surface area (Å²) < 4.78 is 0. The minimum atomic E-state index is -0.0952. The smallest absolute Gasteiger partial charge is 0.656 e. The molecule has 0 aliphatic heterocycles. The summed E-state index contributed by atoms with van der Waals surface area (Å²) in [7, 11) is 0. The number of hydrogen-bond donors (Lipinski definition) is 0. The fraction of sp³-hybridized carbons (Fsp3) is 0.148. The molecular weight excluding hydrogens is 886 g/mol. The fourth-order valence-electron chi connectivity index (χ4n) is 7.66. The van der Waals surface area contributed by atoms with Crippen LogP contribution in [0.15, 0.2) is 164 Å². The molecule has 3 heterocycles. The fourth-order valence-corrected chi connectivity index (χ4v) is 7.66. The van der Waals surface area contributed by atoms with Crippen LogP contribution in [0.2, 0.25) is 0 Å². The Bertz CT molecular complexity index is 2900. The maximum Gasteiger partial charge on any atom is 2.00 e.